The summed E-state index contributed by atoms with van der Waals surface area (Å²) in [4.78, 5) is 2.51. The number of ether oxygens (including phenoxy) is 1. The van der Waals surface area contributed by atoms with Gasteiger partial charge in [-0.1, -0.05) is 26.0 Å². The van der Waals surface area contributed by atoms with Gasteiger partial charge in [0.1, 0.15) is 0 Å². The van der Waals surface area contributed by atoms with Crippen LogP contribution in [-0.4, -0.2) is 30.9 Å². The summed E-state index contributed by atoms with van der Waals surface area (Å²) in [7, 11) is 0. The third-order valence-electron chi connectivity index (χ3n) is 8.38. The first-order chi connectivity index (χ1) is 12.5. The number of anilines is 1. The second kappa shape index (κ2) is 5.97. The largest absolute Gasteiger partial charge is 0.392 e. The van der Waals surface area contributed by atoms with Crippen molar-refractivity contribution in [1.82, 2.24) is 0 Å². The van der Waals surface area contributed by atoms with Crippen LogP contribution in [0.1, 0.15) is 64.0 Å². The molecule has 0 aromatic heterocycles. The molecule has 0 radical (unpaired) electrons. The fraction of sp³-hybridized carbons (Fsp3) is 0.739. The number of nitrogens with zero attached hydrogens (tertiary/aromatic N) is 1. The molecule has 5 atom stereocenters. The molecule has 142 valence electrons. The van der Waals surface area contributed by atoms with Gasteiger partial charge >= 0.3 is 0 Å². The van der Waals surface area contributed by atoms with Crippen LogP contribution < -0.4 is 4.90 Å². The van der Waals surface area contributed by atoms with E-state index < -0.39 is 0 Å². The van der Waals surface area contributed by atoms with Crippen molar-refractivity contribution in [3.63, 3.8) is 0 Å². The van der Waals surface area contributed by atoms with Gasteiger partial charge < -0.3 is 14.7 Å². The van der Waals surface area contributed by atoms with Crippen LogP contribution in [0, 0.1) is 22.7 Å². The van der Waals surface area contributed by atoms with Crippen LogP contribution in [0.25, 0.3) is 0 Å². The number of fused-ring (bicyclic) bond motifs is 1. The average Bonchev–Trinajstić information content (AvgIpc) is 3.16. The molecule has 3 nitrogen and oxygen atoms in total. The van der Waals surface area contributed by atoms with Gasteiger partial charge in [-0.2, -0.15) is 0 Å². The lowest BCUT2D eigenvalue weighted by atomic mass is 9.60. The molecule has 1 spiro atoms. The van der Waals surface area contributed by atoms with Crippen LogP contribution in [0.4, 0.5) is 5.69 Å². The number of hydrogen-bond acceptors (Lipinski definition) is 3. The van der Waals surface area contributed by atoms with Crippen molar-refractivity contribution >= 4 is 5.69 Å². The smallest absolute Gasteiger partial charge is 0.0859 e. The van der Waals surface area contributed by atoms with Crippen LogP contribution in [0.15, 0.2) is 24.3 Å². The Kier molecular flexibility index (Phi) is 3.92. The zero-order valence-electron chi connectivity index (χ0n) is 16.3. The number of hydrogen-bond donors (Lipinski definition) is 1. The molecule has 3 heteroatoms. The standard InChI is InChI=1S/C23H33NO2/c1-22(2)17-14-19-20(26-13-10-23(19,15-17)21(22)25)16-6-8-18(9-7-16)24-11-4-3-5-12-24/h6-9,17,19-21,25H,3-5,10-15H2,1-2H3/t17-,19-,20-,21-,23?/m1/s1. The Morgan fingerprint density at radius 1 is 1.08 bits per heavy atom. The van der Waals surface area contributed by atoms with Gasteiger partial charge in [0.15, 0.2) is 0 Å². The highest BCUT2D eigenvalue weighted by Gasteiger charge is 2.67. The molecule has 2 saturated heterocycles. The quantitative estimate of drug-likeness (QED) is 0.845. The number of aliphatic hydroxyl groups excluding tert-OH is 1. The second-order valence-electron chi connectivity index (χ2n) is 9.88. The molecule has 2 bridgehead atoms. The summed E-state index contributed by atoms with van der Waals surface area (Å²) in [5.41, 5.74) is 2.82. The molecule has 1 aromatic rings. The maximum atomic E-state index is 11.1. The van der Waals surface area contributed by atoms with Gasteiger partial charge in [0.05, 0.1) is 12.2 Å². The highest BCUT2D eigenvalue weighted by molar-refractivity contribution is 5.48. The lowest BCUT2D eigenvalue weighted by Crippen LogP contribution is -2.51. The monoisotopic (exact) mass is 355 g/mol. The summed E-state index contributed by atoms with van der Waals surface area (Å²) < 4.78 is 6.30. The van der Waals surface area contributed by atoms with Crippen molar-refractivity contribution in [3.05, 3.63) is 29.8 Å². The molecule has 1 unspecified atom stereocenters. The lowest BCUT2D eigenvalue weighted by Gasteiger charge is -2.51. The topological polar surface area (TPSA) is 32.7 Å². The molecular weight excluding hydrogens is 322 g/mol. The molecule has 4 aliphatic rings. The van der Waals surface area contributed by atoms with E-state index in [0.29, 0.717) is 11.8 Å². The Bertz CT molecular complexity index is 663. The van der Waals surface area contributed by atoms with E-state index in [1.54, 1.807) is 0 Å². The third kappa shape index (κ3) is 2.32. The maximum absolute atomic E-state index is 11.1. The van der Waals surface area contributed by atoms with Gasteiger partial charge in [0, 0.05) is 30.8 Å². The Morgan fingerprint density at radius 3 is 2.50 bits per heavy atom. The van der Waals surface area contributed by atoms with Crippen LogP contribution in [-0.2, 0) is 4.74 Å². The van der Waals surface area contributed by atoms with E-state index in [2.05, 4.69) is 43.0 Å². The Labute approximate surface area is 157 Å². The number of rotatable bonds is 2. The Morgan fingerprint density at radius 2 is 1.81 bits per heavy atom. The summed E-state index contributed by atoms with van der Waals surface area (Å²) in [5.74, 6) is 1.12. The van der Waals surface area contributed by atoms with Gasteiger partial charge in [-0.25, -0.2) is 0 Å². The van der Waals surface area contributed by atoms with E-state index in [0.717, 1.165) is 13.0 Å². The van der Waals surface area contributed by atoms with E-state index in [-0.39, 0.29) is 23.0 Å². The first-order valence-electron chi connectivity index (χ1n) is 10.7. The Hall–Kier alpha value is -1.06. The van der Waals surface area contributed by atoms with E-state index in [1.165, 1.54) is 56.4 Å². The minimum absolute atomic E-state index is 0.0660. The Balaban J connectivity index is 1.39. The van der Waals surface area contributed by atoms with Crippen molar-refractivity contribution < 1.29 is 9.84 Å². The average molecular weight is 356 g/mol. The highest BCUT2D eigenvalue weighted by atomic mass is 16.5. The van der Waals surface area contributed by atoms with Gasteiger partial charge in [0.25, 0.3) is 0 Å². The maximum Gasteiger partial charge on any atom is 0.0859 e. The van der Waals surface area contributed by atoms with Gasteiger partial charge in [-0.3, -0.25) is 0 Å². The fourth-order valence-electron chi connectivity index (χ4n) is 6.78. The minimum Gasteiger partial charge on any atom is -0.392 e. The zero-order valence-corrected chi connectivity index (χ0v) is 16.3. The highest BCUT2D eigenvalue weighted by Crippen LogP contribution is 2.70. The van der Waals surface area contributed by atoms with Crippen LogP contribution in [0.5, 0.6) is 0 Å². The predicted molar refractivity (Wildman–Crippen MR) is 104 cm³/mol. The minimum atomic E-state index is -0.183. The van der Waals surface area contributed by atoms with Crippen molar-refractivity contribution in [2.45, 2.75) is 64.6 Å². The lowest BCUT2D eigenvalue weighted by molar-refractivity contribution is -0.164. The molecule has 5 rings (SSSR count). The van der Waals surface area contributed by atoms with Crippen LogP contribution in [0.2, 0.25) is 0 Å². The molecule has 1 N–H and O–H groups in total. The third-order valence-corrected chi connectivity index (χ3v) is 8.38. The van der Waals surface area contributed by atoms with Gasteiger partial charge in [-0.15, -0.1) is 0 Å². The second-order valence-corrected chi connectivity index (χ2v) is 9.88. The van der Waals surface area contributed by atoms with Crippen molar-refractivity contribution in [1.29, 1.82) is 0 Å². The molecule has 2 aliphatic heterocycles. The molecular formula is C23H33NO2. The molecule has 26 heavy (non-hydrogen) atoms. The zero-order chi connectivity index (χ0) is 17.9. The summed E-state index contributed by atoms with van der Waals surface area (Å²) in [6, 6.07) is 9.16. The number of benzene rings is 1. The van der Waals surface area contributed by atoms with E-state index in [1.807, 2.05) is 0 Å². The van der Waals surface area contributed by atoms with E-state index >= 15 is 0 Å². The molecule has 0 amide bonds. The first kappa shape index (κ1) is 17.1. The molecule has 2 heterocycles. The number of piperidine rings is 1. The predicted octanol–water partition coefficient (Wildman–Crippen LogP) is 4.55. The molecule has 4 fully saturated rings. The van der Waals surface area contributed by atoms with Gasteiger partial charge in [-0.05, 0) is 73.5 Å². The summed E-state index contributed by atoms with van der Waals surface area (Å²) in [6.07, 6.45) is 7.41. The molecule has 2 aliphatic carbocycles. The SMILES string of the molecule is CC1(C)[C@@H]2C[C@@H]3[C@@H](c4ccc(N5CCCCC5)cc4)OCCC3(C2)[C@@H]1O. The van der Waals surface area contributed by atoms with Crippen LogP contribution >= 0.6 is 0 Å². The normalized spacial score (nSPS) is 41.3. The van der Waals surface area contributed by atoms with Gasteiger partial charge in [0.2, 0.25) is 0 Å². The van der Waals surface area contributed by atoms with Crippen molar-refractivity contribution in [2.75, 3.05) is 24.6 Å². The number of aliphatic hydroxyl groups is 1. The van der Waals surface area contributed by atoms with E-state index in [4.69, 9.17) is 4.74 Å². The van der Waals surface area contributed by atoms with E-state index in [9.17, 15) is 5.11 Å². The fourth-order valence-corrected chi connectivity index (χ4v) is 6.78. The van der Waals surface area contributed by atoms with Crippen LogP contribution in [0.3, 0.4) is 0 Å². The molecule has 2 saturated carbocycles. The molecule has 1 aromatic carbocycles. The summed E-state index contributed by atoms with van der Waals surface area (Å²) in [5, 5.41) is 11.1. The summed E-state index contributed by atoms with van der Waals surface area (Å²) in [6.45, 7) is 7.70. The van der Waals surface area contributed by atoms with Crippen molar-refractivity contribution in [3.8, 4) is 0 Å². The van der Waals surface area contributed by atoms with Crippen molar-refractivity contribution in [2.24, 2.45) is 22.7 Å². The summed E-state index contributed by atoms with van der Waals surface area (Å²) >= 11 is 0. The first-order valence-corrected chi connectivity index (χ1v) is 10.7.